The molecule has 184 valence electrons. The number of anilines is 2. The van der Waals surface area contributed by atoms with Crippen LogP contribution in [0.15, 0.2) is 48.5 Å². The highest BCUT2D eigenvalue weighted by atomic mass is 16.2. The van der Waals surface area contributed by atoms with E-state index in [1.54, 1.807) is 48.5 Å². The van der Waals surface area contributed by atoms with E-state index in [1.165, 1.54) is 13.8 Å². The van der Waals surface area contributed by atoms with Gasteiger partial charge >= 0.3 is 0 Å². The lowest BCUT2D eigenvalue weighted by Gasteiger charge is -2.20. The Hall–Kier alpha value is -3.68. The molecule has 0 spiro atoms. The van der Waals surface area contributed by atoms with Gasteiger partial charge in [0.2, 0.25) is 11.8 Å². The molecular weight excluding hydrogens is 432 g/mol. The summed E-state index contributed by atoms with van der Waals surface area (Å²) in [5, 5.41) is 11.0. The smallest absolute Gasteiger partial charge is 0.251 e. The number of benzene rings is 2. The van der Waals surface area contributed by atoms with Crippen LogP contribution >= 0.6 is 0 Å². The van der Waals surface area contributed by atoms with Gasteiger partial charge in [-0.25, -0.2) is 0 Å². The maximum Gasteiger partial charge on any atom is 0.251 e. The molecule has 8 nitrogen and oxygen atoms in total. The van der Waals surface area contributed by atoms with Gasteiger partial charge < -0.3 is 21.3 Å². The molecule has 8 heteroatoms. The lowest BCUT2D eigenvalue weighted by Crippen LogP contribution is -2.40. The van der Waals surface area contributed by atoms with Crippen LogP contribution in [0.5, 0.6) is 0 Å². The fraction of sp³-hybridized carbons (Fsp3) is 0.385. The summed E-state index contributed by atoms with van der Waals surface area (Å²) >= 11 is 0. The van der Waals surface area contributed by atoms with E-state index < -0.39 is 0 Å². The molecule has 0 saturated heterocycles. The van der Waals surface area contributed by atoms with Crippen molar-refractivity contribution in [3.05, 3.63) is 59.7 Å². The van der Waals surface area contributed by atoms with Crippen molar-refractivity contribution in [1.82, 2.24) is 10.6 Å². The number of amides is 4. The molecule has 0 heterocycles. The summed E-state index contributed by atoms with van der Waals surface area (Å²) in [6.07, 6.45) is 0. The monoisotopic (exact) mass is 468 g/mol. The maximum absolute atomic E-state index is 11.8. The molecule has 0 aliphatic heterocycles. The average Bonchev–Trinajstić information content (AvgIpc) is 2.66. The van der Waals surface area contributed by atoms with Crippen LogP contribution in [-0.2, 0) is 9.59 Å². The SMILES string of the molecule is CC(=O)Nc1ccc(C(=O)NC(C)(C)C)cc1.CC(=O)Nc1ccc(C(=O)NC(C)(C)C)cc1. The van der Waals surface area contributed by atoms with Crippen molar-refractivity contribution in [3.8, 4) is 0 Å². The van der Waals surface area contributed by atoms with Gasteiger partial charge in [0, 0.05) is 47.4 Å². The molecule has 0 aliphatic carbocycles. The number of hydrogen-bond acceptors (Lipinski definition) is 4. The molecule has 2 rings (SSSR count). The molecule has 2 aromatic rings. The van der Waals surface area contributed by atoms with Crippen LogP contribution in [0.4, 0.5) is 11.4 Å². The predicted molar refractivity (Wildman–Crippen MR) is 136 cm³/mol. The first-order valence-electron chi connectivity index (χ1n) is 11.0. The summed E-state index contributed by atoms with van der Waals surface area (Å²) in [6, 6.07) is 13.6. The third-order valence-electron chi connectivity index (χ3n) is 3.91. The normalized spacial score (nSPS) is 10.8. The Labute approximate surface area is 201 Å². The van der Waals surface area contributed by atoms with Gasteiger partial charge in [0.15, 0.2) is 0 Å². The van der Waals surface area contributed by atoms with Crippen molar-refractivity contribution in [2.24, 2.45) is 0 Å². The first-order chi connectivity index (χ1) is 15.6. The molecule has 0 aromatic heterocycles. The fourth-order valence-electron chi connectivity index (χ4n) is 2.64. The Morgan fingerprint density at radius 1 is 0.529 bits per heavy atom. The van der Waals surface area contributed by atoms with E-state index in [2.05, 4.69) is 21.3 Å². The van der Waals surface area contributed by atoms with Crippen LogP contribution in [-0.4, -0.2) is 34.7 Å². The van der Waals surface area contributed by atoms with Gasteiger partial charge in [0.1, 0.15) is 0 Å². The number of carbonyl (C=O) groups is 4. The third-order valence-corrected chi connectivity index (χ3v) is 3.91. The van der Waals surface area contributed by atoms with Gasteiger partial charge in [-0.2, -0.15) is 0 Å². The summed E-state index contributed by atoms with van der Waals surface area (Å²) in [4.78, 5) is 45.2. The lowest BCUT2D eigenvalue weighted by molar-refractivity contribution is -0.115. The van der Waals surface area contributed by atoms with Crippen molar-refractivity contribution in [3.63, 3.8) is 0 Å². The Bertz CT molecular complexity index is 916. The minimum absolute atomic E-state index is 0.119. The maximum atomic E-state index is 11.8. The van der Waals surface area contributed by atoms with E-state index in [1.807, 2.05) is 41.5 Å². The van der Waals surface area contributed by atoms with E-state index in [0.29, 0.717) is 22.5 Å². The second-order valence-corrected chi connectivity index (χ2v) is 9.93. The summed E-state index contributed by atoms with van der Waals surface area (Å²) < 4.78 is 0. The number of hydrogen-bond donors (Lipinski definition) is 4. The number of rotatable bonds is 4. The Kier molecular flexibility index (Phi) is 9.98. The quantitative estimate of drug-likeness (QED) is 0.534. The number of carbonyl (C=O) groups excluding carboxylic acids is 4. The van der Waals surface area contributed by atoms with Crippen molar-refractivity contribution >= 4 is 35.0 Å². The molecule has 4 N–H and O–H groups in total. The molecule has 0 radical (unpaired) electrons. The Morgan fingerprint density at radius 3 is 1.00 bits per heavy atom. The summed E-state index contributed by atoms with van der Waals surface area (Å²) in [7, 11) is 0. The number of nitrogens with one attached hydrogen (secondary N) is 4. The molecular formula is C26H36N4O4. The van der Waals surface area contributed by atoms with Crippen LogP contribution in [0, 0.1) is 0 Å². The summed E-state index contributed by atoms with van der Waals surface area (Å²) in [6.45, 7) is 14.5. The van der Waals surface area contributed by atoms with Gasteiger partial charge in [-0.15, -0.1) is 0 Å². The highest BCUT2D eigenvalue weighted by molar-refractivity contribution is 5.96. The Balaban J connectivity index is 0.000000340. The topological polar surface area (TPSA) is 116 Å². The van der Waals surface area contributed by atoms with Crippen molar-refractivity contribution < 1.29 is 19.2 Å². The summed E-state index contributed by atoms with van der Waals surface area (Å²) in [5.41, 5.74) is 2.01. The molecule has 0 atom stereocenters. The van der Waals surface area contributed by atoms with E-state index in [4.69, 9.17) is 0 Å². The van der Waals surface area contributed by atoms with Crippen LogP contribution in [0.25, 0.3) is 0 Å². The van der Waals surface area contributed by atoms with Gasteiger partial charge in [-0.1, -0.05) is 0 Å². The molecule has 0 saturated carbocycles. The molecule has 4 amide bonds. The molecule has 0 fully saturated rings. The lowest BCUT2D eigenvalue weighted by atomic mass is 10.1. The van der Waals surface area contributed by atoms with Crippen LogP contribution < -0.4 is 21.3 Å². The second-order valence-electron chi connectivity index (χ2n) is 9.93. The van der Waals surface area contributed by atoms with E-state index in [0.717, 1.165) is 0 Å². The van der Waals surface area contributed by atoms with Crippen LogP contribution in [0.2, 0.25) is 0 Å². The molecule has 0 unspecified atom stereocenters. The Morgan fingerprint density at radius 2 is 0.794 bits per heavy atom. The predicted octanol–water partition coefficient (Wildman–Crippen LogP) is 4.35. The zero-order valence-electron chi connectivity index (χ0n) is 21.3. The highest BCUT2D eigenvalue weighted by Gasteiger charge is 2.16. The van der Waals surface area contributed by atoms with Gasteiger partial charge in [-0.05, 0) is 90.1 Å². The molecule has 0 bridgehead atoms. The minimum atomic E-state index is -0.257. The second kappa shape index (κ2) is 12.0. The van der Waals surface area contributed by atoms with Gasteiger partial charge in [0.05, 0.1) is 0 Å². The summed E-state index contributed by atoms with van der Waals surface area (Å²) in [5.74, 6) is -0.493. The zero-order chi connectivity index (χ0) is 26.1. The first-order valence-corrected chi connectivity index (χ1v) is 11.0. The molecule has 34 heavy (non-hydrogen) atoms. The van der Waals surface area contributed by atoms with E-state index in [-0.39, 0.29) is 34.7 Å². The van der Waals surface area contributed by atoms with Crippen LogP contribution in [0.3, 0.4) is 0 Å². The minimum Gasteiger partial charge on any atom is -0.347 e. The fourth-order valence-corrected chi connectivity index (χ4v) is 2.64. The van der Waals surface area contributed by atoms with E-state index >= 15 is 0 Å². The highest BCUT2D eigenvalue weighted by Crippen LogP contribution is 2.12. The van der Waals surface area contributed by atoms with Gasteiger partial charge in [-0.3, -0.25) is 19.2 Å². The third kappa shape index (κ3) is 11.8. The average molecular weight is 469 g/mol. The largest absolute Gasteiger partial charge is 0.347 e. The molecule has 2 aromatic carbocycles. The zero-order valence-corrected chi connectivity index (χ0v) is 21.3. The van der Waals surface area contributed by atoms with Crippen molar-refractivity contribution in [2.45, 2.75) is 66.5 Å². The first kappa shape index (κ1) is 28.4. The van der Waals surface area contributed by atoms with E-state index in [9.17, 15) is 19.2 Å². The van der Waals surface area contributed by atoms with Crippen molar-refractivity contribution in [2.75, 3.05) is 10.6 Å². The molecule has 0 aliphatic rings. The van der Waals surface area contributed by atoms with Gasteiger partial charge in [0.25, 0.3) is 11.8 Å². The van der Waals surface area contributed by atoms with Crippen molar-refractivity contribution in [1.29, 1.82) is 0 Å². The standard InChI is InChI=1S/2C13H18N2O2/c2*1-9(16)14-11-7-5-10(6-8-11)12(17)15-13(2,3)4/h2*5-8H,1-4H3,(H,14,16)(H,15,17). The van der Waals surface area contributed by atoms with Crippen LogP contribution in [0.1, 0.15) is 76.1 Å².